The number of carbonyl (C=O) groups is 1. The lowest BCUT2D eigenvalue weighted by Gasteiger charge is -2.10. The first-order valence-corrected chi connectivity index (χ1v) is 7.23. The maximum Gasteiger partial charge on any atom is 0.356 e. The maximum atomic E-state index is 11.1. The third-order valence-electron chi connectivity index (χ3n) is 3.18. The van der Waals surface area contributed by atoms with Crippen molar-refractivity contribution < 1.29 is 9.90 Å². The van der Waals surface area contributed by atoms with E-state index in [1.54, 1.807) is 17.8 Å². The summed E-state index contributed by atoms with van der Waals surface area (Å²) in [5.41, 5.74) is 6.86. The number of pyridine rings is 1. The zero-order valence-electron chi connectivity index (χ0n) is 10.7. The number of aromatic nitrogens is 1. The Kier molecular flexibility index (Phi) is 3.36. The first kappa shape index (κ1) is 13.0. The summed E-state index contributed by atoms with van der Waals surface area (Å²) in [5, 5.41) is 9.12. The highest BCUT2D eigenvalue weighted by molar-refractivity contribution is 7.99. The monoisotopic (exact) mass is 286 g/mol. The molecule has 0 radical (unpaired) electrons. The Bertz CT molecular complexity index is 654. The van der Waals surface area contributed by atoms with E-state index < -0.39 is 5.97 Å². The molecule has 3 N–H and O–H groups in total. The molecule has 1 fully saturated rings. The summed E-state index contributed by atoms with van der Waals surface area (Å²) < 4.78 is 0. The largest absolute Gasteiger partial charge is 0.476 e. The molecule has 0 bridgehead atoms. The van der Waals surface area contributed by atoms with Gasteiger partial charge in [-0.3, -0.25) is 0 Å². The third-order valence-corrected chi connectivity index (χ3v) is 4.24. The van der Waals surface area contributed by atoms with E-state index in [1.807, 2.05) is 30.3 Å². The van der Waals surface area contributed by atoms with Gasteiger partial charge in [0.25, 0.3) is 0 Å². The average molecular weight is 286 g/mol. The lowest BCUT2D eigenvalue weighted by Crippen LogP contribution is -2.08. The summed E-state index contributed by atoms with van der Waals surface area (Å²) in [6.07, 6.45) is 2.14. The van der Waals surface area contributed by atoms with Gasteiger partial charge in [-0.15, -0.1) is 0 Å². The molecule has 1 aromatic carbocycles. The topological polar surface area (TPSA) is 76.2 Å². The molecule has 0 aliphatic heterocycles. The lowest BCUT2D eigenvalue weighted by atomic mass is 10.2. The first-order valence-electron chi connectivity index (χ1n) is 6.42. The van der Waals surface area contributed by atoms with Crippen LogP contribution in [0.5, 0.6) is 0 Å². The van der Waals surface area contributed by atoms with Crippen molar-refractivity contribution in [3.8, 4) is 0 Å². The summed E-state index contributed by atoms with van der Waals surface area (Å²) in [5.74, 6) is -0.694. The van der Waals surface area contributed by atoms with Crippen molar-refractivity contribution in [2.45, 2.75) is 28.6 Å². The van der Waals surface area contributed by atoms with Crippen LogP contribution in [0.1, 0.15) is 34.9 Å². The van der Waals surface area contributed by atoms with Crippen molar-refractivity contribution in [3.05, 3.63) is 47.8 Å². The van der Waals surface area contributed by atoms with Gasteiger partial charge in [0.1, 0.15) is 0 Å². The van der Waals surface area contributed by atoms with Gasteiger partial charge in [-0.05, 0) is 31.0 Å². The van der Waals surface area contributed by atoms with Gasteiger partial charge in [0, 0.05) is 15.7 Å². The molecule has 20 heavy (non-hydrogen) atoms. The van der Waals surface area contributed by atoms with Crippen molar-refractivity contribution in [2.24, 2.45) is 0 Å². The molecule has 0 unspecified atom stereocenters. The Balaban J connectivity index is 2.01. The number of nitrogens with two attached hydrogens (primary N) is 1. The van der Waals surface area contributed by atoms with E-state index in [2.05, 4.69) is 4.98 Å². The second-order valence-electron chi connectivity index (χ2n) is 4.80. The van der Waals surface area contributed by atoms with E-state index in [9.17, 15) is 4.79 Å². The summed E-state index contributed by atoms with van der Waals surface area (Å²) in [4.78, 5) is 17.5. The molecule has 4 nitrogen and oxygen atoms in total. The van der Waals surface area contributed by atoms with Gasteiger partial charge in [-0.2, -0.15) is 0 Å². The molecule has 1 aliphatic rings. The molecular weight excluding hydrogens is 272 g/mol. The van der Waals surface area contributed by atoms with Crippen LogP contribution in [0.3, 0.4) is 0 Å². The smallest absolute Gasteiger partial charge is 0.356 e. The summed E-state index contributed by atoms with van der Waals surface area (Å²) in [6, 6.07) is 11.7. The number of hydrogen-bond donors (Lipinski definition) is 2. The van der Waals surface area contributed by atoms with Gasteiger partial charge in [0.15, 0.2) is 5.69 Å². The second kappa shape index (κ2) is 5.17. The first-order chi connectivity index (χ1) is 9.65. The predicted molar refractivity (Wildman–Crippen MR) is 78.1 cm³/mol. The summed E-state index contributed by atoms with van der Waals surface area (Å²) in [6.45, 7) is 0. The number of aromatic carboxylic acids is 1. The molecule has 1 aliphatic carbocycles. The predicted octanol–water partition coefficient (Wildman–Crippen LogP) is 3.39. The van der Waals surface area contributed by atoms with Gasteiger partial charge < -0.3 is 10.8 Å². The number of nitrogens with zero attached hydrogens (tertiary/aromatic N) is 1. The molecule has 5 heteroatoms. The minimum atomic E-state index is -1.07. The van der Waals surface area contributed by atoms with Crippen molar-refractivity contribution in [1.29, 1.82) is 0 Å². The maximum absolute atomic E-state index is 11.1. The van der Waals surface area contributed by atoms with Crippen molar-refractivity contribution in [3.63, 3.8) is 0 Å². The molecule has 3 rings (SSSR count). The number of carboxylic acid groups (broad SMARTS) is 1. The number of benzene rings is 1. The Labute approximate surface area is 121 Å². The van der Waals surface area contributed by atoms with Crippen LogP contribution in [-0.4, -0.2) is 16.1 Å². The molecule has 1 aromatic heterocycles. The fraction of sp³-hybridized carbons (Fsp3) is 0.200. The fourth-order valence-electron chi connectivity index (χ4n) is 2.04. The lowest BCUT2D eigenvalue weighted by molar-refractivity contribution is 0.0691. The highest BCUT2D eigenvalue weighted by Crippen LogP contribution is 2.45. The second-order valence-corrected chi connectivity index (χ2v) is 5.92. The van der Waals surface area contributed by atoms with Crippen LogP contribution in [0.2, 0.25) is 0 Å². The van der Waals surface area contributed by atoms with Crippen molar-refractivity contribution in [1.82, 2.24) is 4.98 Å². The van der Waals surface area contributed by atoms with E-state index in [4.69, 9.17) is 10.8 Å². The van der Waals surface area contributed by atoms with Crippen molar-refractivity contribution >= 4 is 23.4 Å². The molecule has 102 valence electrons. The van der Waals surface area contributed by atoms with Gasteiger partial charge in [0.2, 0.25) is 0 Å². The fourth-order valence-corrected chi connectivity index (χ4v) is 3.09. The number of nitrogen functional groups attached to an aromatic ring is 1. The molecule has 0 spiro atoms. The minimum Gasteiger partial charge on any atom is -0.476 e. The van der Waals surface area contributed by atoms with Crippen LogP contribution in [-0.2, 0) is 0 Å². The van der Waals surface area contributed by atoms with E-state index in [0.717, 1.165) is 28.3 Å². The molecule has 0 amide bonds. The van der Waals surface area contributed by atoms with Crippen LogP contribution < -0.4 is 5.73 Å². The van der Waals surface area contributed by atoms with Crippen LogP contribution >= 0.6 is 11.8 Å². The van der Waals surface area contributed by atoms with E-state index in [1.165, 1.54) is 0 Å². The van der Waals surface area contributed by atoms with Gasteiger partial charge in [-0.1, -0.05) is 30.0 Å². The number of hydrogen-bond acceptors (Lipinski definition) is 4. The molecule has 1 heterocycles. The highest BCUT2D eigenvalue weighted by Gasteiger charge is 2.30. The number of rotatable bonds is 4. The zero-order valence-corrected chi connectivity index (χ0v) is 11.6. The normalized spacial score (nSPS) is 14.2. The van der Waals surface area contributed by atoms with Crippen LogP contribution in [0.4, 0.5) is 5.69 Å². The van der Waals surface area contributed by atoms with E-state index in [-0.39, 0.29) is 11.4 Å². The Morgan fingerprint density at radius 3 is 2.60 bits per heavy atom. The zero-order chi connectivity index (χ0) is 14.1. The summed E-state index contributed by atoms with van der Waals surface area (Å²) >= 11 is 1.58. The standard InChI is InChI=1S/C15H14N2O2S/c16-11-8-12(20-10-4-2-1-3-5-10)13(9-6-7-9)17-14(11)15(18)19/h1-5,8-9H,6-7,16H2,(H,18,19). The SMILES string of the molecule is Nc1cc(Sc2ccccc2)c(C2CC2)nc1C(=O)O. The van der Waals surface area contributed by atoms with Gasteiger partial charge in [-0.25, -0.2) is 9.78 Å². The minimum absolute atomic E-state index is 0.0377. The van der Waals surface area contributed by atoms with E-state index in [0.29, 0.717) is 5.92 Å². The molecular formula is C15H14N2O2S. The van der Waals surface area contributed by atoms with Crippen molar-refractivity contribution in [2.75, 3.05) is 5.73 Å². The number of carboxylic acids is 1. The molecule has 2 aromatic rings. The molecule has 0 atom stereocenters. The van der Waals surface area contributed by atoms with Crippen LogP contribution in [0, 0.1) is 0 Å². The third kappa shape index (κ3) is 2.63. The van der Waals surface area contributed by atoms with Crippen LogP contribution in [0.15, 0.2) is 46.2 Å². The average Bonchev–Trinajstić information content (AvgIpc) is 3.24. The number of anilines is 1. The van der Waals surface area contributed by atoms with Gasteiger partial charge in [0.05, 0.1) is 11.4 Å². The van der Waals surface area contributed by atoms with E-state index >= 15 is 0 Å². The Hall–Kier alpha value is -2.01. The Morgan fingerprint density at radius 1 is 1.30 bits per heavy atom. The Morgan fingerprint density at radius 2 is 2.00 bits per heavy atom. The summed E-state index contributed by atoms with van der Waals surface area (Å²) in [7, 11) is 0. The highest BCUT2D eigenvalue weighted by atomic mass is 32.2. The molecule has 0 saturated heterocycles. The quantitative estimate of drug-likeness (QED) is 0.901. The molecule has 1 saturated carbocycles. The van der Waals surface area contributed by atoms with Gasteiger partial charge >= 0.3 is 5.97 Å². The van der Waals surface area contributed by atoms with Crippen LogP contribution in [0.25, 0.3) is 0 Å².